The van der Waals surface area contributed by atoms with Gasteiger partial charge in [-0.1, -0.05) is 35.9 Å². The molecule has 1 unspecified atom stereocenters. The molecule has 2 heterocycles. The molecule has 0 saturated heterocycles. The van der Waals surface area contributed by atoms with Crippen LogP contribution in [0.1, 0.15) is 35.8 Å². The van der Waals surface area contributed by atoms with Crippen molar-refractivity contribution in [2.45, 2.75) is 19.8 Å². The van der Waals surface area contributed by atoms with E-state index in [1.54, 1.807) is 50.2 Å². The van der Waals surface area contributed by atoms with E-state index in [2.05, 4.69) is 10.3 Å². The molecule has 38 heavy (non-hydrogen) atoms. The molecule has 3 N–H and O–H groups in total. The zero-order valence-electron chi connectivity index (χ0n) is 21.8. The molecule has 1 aliphatic rings. The van der Waals surface area contributed by atoms with Gasteiger partial charge in [0.1, 0.15) is 0 Å². The largest absolute Gasteiger partial charge is 1.00 e. The maximum Gasteiger partial charge on any atom is 1.00 e. The van der Waals surface area contributed by atoms with Crippen molar-refractivity contribution in [3.63, 3.8) is 0 Å². The topological polar surface area (TPSA) is 153 Å². The molecule has 1 atom stereocenters. The first kappa shape index (κ1) is 33.9. The Morgan fingerprint density at radius 2 is 1.79 bits per heavy atom. The number of carbonyl (C=O) groups excluding carboxylic acids is 3. The first-order chi connectivity index (χ1) is 17.8. The Morgan fingerprint density at radius 3 is 2.32 bits per heavy atom. The number of methoxy groups -OCH3 is 1. The van der Waals surface area contributed by atoms with Crippen LogP contribution >= 0.6 is 11.6 Å². The monoisotopic (exact) mass is 569 g/mol. The number of aromatic carboxylic acids is 1. The van der Waals surface area contributed by atoms with E-state index in [-0.39, 0.29) is 75.9 Å². The maximum atomic E-state index is 12.9. The summed E-state index contributed by atoms with van der Waals surface area (Å²) in [5, 5.41) is 13.5. The minimum absolute atomic E-state index is 0. The van der Waals surface area contributed by atoms with E-state index in [1.807, 2.05) is 0 Å². The number of benzene rings is 1. The third-order valence-corrected chi connectivity index (χ3v) is 5.49. The van der Waals surface area contributed by atoms with Crippen LogP contribution in [-0.2, 0) is 23.8 Å². The van der Waals surface area contributed by atoms with Crippen molar-refractivity contribution in [3.8, 4) is 0 Å². The van der Waals surface area contributed by atoms with Gasteiger partial charge in [-0.05, 0) is 37.6 Å². The number of carboxylic acid groups (broad SMARTS) is 1. The number of rotatable bonds is 9. The normalized spacial score (nSPS) is 14.4. The molecule has 0 amide bonds. The molecule has 0 fully saturated rings. The molecule has 0 radical (unpaired) electrons. The number of pyridine rings is 1. The van der Waals surface area contributed by atoms with Crippen LogP contribution in [0.25, 0.3) is 0 Å². The zero-order valence-corrected chi connectivity index (χ0v) is 25.7. The fraction of sp³-hybridized carbons (Fsp3) is 0.308. The second-order valence-corrected chi connectivity index (χ2v) is 7.97. The number of dihydropyridines is 1. The molecule has 0 spiro atoms. The van der Waals surface area contributed by atoms with E-state index in [1.165, 1.54) is 19.4 Å². The quantitative estimate of drug-likeness (QED) is 0.212. The number of nitrogens with zero attached hydrogens (tertiary/aromatic N) is 1. The van der Waals surface area contributed by atoms with Crippen LogP contribution in [0, 0.1) is 0 Å². The van der Waals surface area contributed by atoms with Gasteiger partial charge in [-0.3, -0.25) is 4.98 Å². The number of nitrogens with two attached hydrogens (primary N) is 1. The van der Waals surface area contributed by atoms with Crippen molar-refractivity contribution in [3.05, 3.63) is 87.5 Å². The van der Waals surface area contributed by atoms with Crippen molar-refractivity contribution in [2.75, 3.05) is 33.5 Å². The molecule has 10 nitrogen and oxygen atoms in total. The third-order valence-electron chi connectivity index (χ3n) is 5.14. The van der Waals surface area contributed by atoms with Gasteiger partial charge in [0.2, 0.25) is 0 Å². The Hall–Kier alpha value is -2.09. The first-order valence-electron chi connectivity index (χ1n) is 11.4. The first-order valence-corrected chi connectivity index (χ1v) is 11.7. The van der Waals surface area contributed by atoms with Crippen LogP contribution in [0.3, 0.4) is 0 Å². The summed E-state index contributed by atoms with van der Waals surface area (Å²) < 4.78 is 15.8. The average molecular weight is 570 g/mol. The van der Waals surface area contributed by atoms with E-state index < -0.39 is 23.8 Å². The molecule has 0 aliphatic carbocycles. The summed E-state index contributed by atoms with van der Waals surface area (Å²) in [6.45, 7) is 4.42. The fourth-order valence-electron chi connectivity index (χ4n) is 3.60. The summed E-state index contributed by atoms with van der Waals surface area (Å²) in [6, 6.07) is 11.7. The molecule has 2 aromatic rings. The standard InChI is InChI=1S/C20H25ClN2O5.C6H5NO2.K/c1-4-28-20(25)18-15(11-27-10-9-22)23-12(2)16(19(24)26-3)17(18)13-7-5-6-8-14(13)21;8-6(9)5-3-1-2-4-7-5;/h5-8,17,23H,4,9-11,22H2,1-3H3;1-4H,(H,8,9);/q;;+1/p-1. The Labute approximate surface area is 269 Å². The summed E-state index contributed by atoms with van der Waals surface area (Å²) >= 11 is 6.42. The maximum absolute atomic E-state index is 12.9. The van der Waals surface area contributed by atoms with Gasteiger partial charge in [-0.15, -0.1) is 0 Å². The van der Waals surface area contributed by atoms with E-state index in [0.717, 1.165) is 0 Å². The van der Waals surface area contributed by atoms with Crippen LogP contribution in [-0.4, -0.2) is 56.4 Å². The van der Waals surface area contributed by atoms with E-state index in [0.29, 0.717) is 40.7 Å². The molecule has 1 aliphatic heterocycles. The average Bonchev–Trinajstić information content (AvgIpc) is 2.89. The minimum Gasteiger partial charge on any atom is -0.543 e. The molecule has 12 heteroatoms. The Bertz CT molecular complexity index is 1170. The Kier molecular flexibility index (Phi) is 15.6. The minimum atomic E-state index is -1.24. The smallest absolute Gasteiger partial charge is 0.543 e. The number of esters is 2. The summed E-state index contributed by atoms with van der Waals surface area (Å²) in [7, 11) is 1.29. The van der Waals surface area contributed by atoms with Crippen molar-refractivity contribution >= 4 is 29.5 Å². The number of halogens is 1. The molecular formula is C26H29ClKN3O7. The number of carboxylic acids is 1. The number of nitrogens with one attached hydrogen (secondary N) is 1. The summed E-state index contributed by atoms with van der Waals surface area (Å²) in [5.41, 5.74) is 7.67. The van der Waals surface area contributed by atoms with Crippen molar-refractivity contribution in [1.29, 1.82) is 0 Å². The molecule has 3 rings (SSSR count). The number of hydrogen-bond acceptors (Lipinski definition) is 10. The van der Waals surface area contributed by atoms with Gasteiger partial charge in [0, 0.05) is 23.5 Å². The van der Waals surface area contributed by atoms with Crippen LogP contribution in [0.2, 0.25) is 5.02 Å². The fourth-order valence-corrected chi connectivity index (χ4v) is 3.85. The predicted molar refractivity (Wildman–Crippen MR) is 134 cm³/mol. The number of aromatic nitrogens is 1. The number of carbonyl (C=O) groups is 3. The van der Waals surface area contributed by atoms with Crippen LogP contribution in [0.15, 0.2) is 71.2 Å². The molecular weight excluding hydrogens is 541 g/mol. The molecule has 0 bridgehead atoms. The van der Waals surface area contributed by atoms with Crippen molar-refractivity contribution in [2.24, 2.45) is 5.73 Å². The molecule has 0 saturated carbocycles. The van der Waals surface area contributed by atoms with E-state index in [9.17, 15) is 19.5 Å². The second kappa shape index (κ2) is 17.5. The number of ether oxygens (including phenoxy) is 3. The van der Waals surface area contributed by atoms with Gasteiger partial charge in [-0.2, -0.15) is 0 Å². The summed E-state index contributed by atoms with van der Waals surface area (Å²) in [5.74, 6) is -3.10. The Balaban J connectivity index is 0.000000610. The van der Waals surface area contributed by atoms with Gasteiger partial charge in [0.25, 0.3) is 0 Å². The SMILES string of the molecule is CCOC(=O)C1=C(COCCN)NC(C)=C(C(=O)OC)C1c1ccccc1Cl.O=C([O-])c1ccccn1.[K+]. The van der Waals surface area contributed by atoms with Gasteiger partial charge >= 0.3 is 63.3 Å². The summed E-state index contributed by atoms with van der Waals surface area (Å²) in [6.07, 6.45) is 1.41. The second-order valence-electron chi connectivity index (χ2n) is 7.57. The number of allylic oxidation sites excluding steroid dienone is 1. The number of hydrogen-bond donors (Lipinski definition) is 2. The molecule has 1 aromatic heterocycles. The van der Waals surface area contributed by atoms with Crippen LogP contribution < -0.4 is 67.5 Å². The van der Waals surface area contributed by atoms with Gasteiger partial charge in [0.05, 0.1) is 61.4 Å². The van der Waals surface area contributed by atoms with Gasteiger partial charge in [-0.25, -0.2) is 9.59 Å². The predicted octanol–water partition coefficient (Wildman–Crippen LogP) is -1.28. The molecule has 1 aromatic carbocycles. The molecule has 198 valence electrons. The van der Waals surface area contributed by atoms with Gasteiger partial charge in [0.15, 0.2) is 0 Å². The van der Waals surface area contributed by atoms with Crippen LogP contribution in [0.5, 0.6) is 0 Å². The zero-order chi connectivity index (χ0) is 27.4. The summed E-state index contributed by atoms with van der Waals surface area (Å²) in [4.78, 5) is 39.0. The van der Waals surface area contributed by atoms with Gasteiger partial charge < -0.3 is 35.2 Å². The van der Waals surface area contributed by atoms with Crippen molar-refractivity contribution < 1.29 is 85.1 Å². The van der Waals surface area contributed by atoms with E-state index in [4.69, 9.17) is 31.5 Å². The third kappa shape index (κ3) is 9.28. The Morgan fingerprint density at radius 1 is 1.11 bits per heavy atom. The van der Waals surface area contributed by atoms with E-state index >= 15 is 0 Å². The van der Waals surface area contributed by atoms with Crippen molar-refractivity contribution in [1.82, 2.24) is 10.3 Å². The van der Waals surface area contributed by atoms with Crippen LogP contribution in [0.4, 0.5) is 0 Å².